The van der Waals surface area contributed by atoms with Crippen LogP contribution in [0.1, 0.15) is 0 Å². The van der Waals surface area contributed by atoms with Crippen LogP contribution in [0.15, 0.2) is 128 Å². The second-order valence-corrected chi connectivity index (χ2v) is 10.6. The second-order valence-electron chi connectivity index (χ2n) is 9.54. The summed E-state index contributed by atoms with van der Waals surface area (Å²) in [6.45, 7) is 0.815. The van der Waals surface area contributed by atoms with Crippen molar-refractivity contribution in [1.29, 1.82) is 0 Å². The van der Waals surface area contributed by atoms with E-state index in [-0.39, 0.29) is 0 Å². The lowest BCUT2D eigenvalue weighted by molar-refractivity contribution is 0.486. The number of anilines is 4. The molecule has 0 unspecified atom stereocenters. The fourth-order valence-corrected chi connectivity index (χ4v) is 6.15. The molecule has 6 aromatic rings. The number of fused-ring (bicyclic) bond motifs is 3. The zero-order valence-corrected chi connectivity index (χ0v) is 22.3. The van der Waals surface area contributed by atoms with Crippen LogP contribution < -0.4 is 14.5 Å². The molecule has 6 heteroatoms. The number of aromatic nitrogens is 1. The molecule has 0 atom stereocenters. The number of pyridine rings is 1. The minimum Gasteiger partial charge on any atom is -0.456 e. The molecule has 0 saturated carbocycles. The lowest BCUT2D eigenvalue weighted by Gasteiger charge is -2.25. The molecule has 0 bridgehead atoms. The van der Waals surface area contributed by atoms with Gasteiger partial charge in [-0.1, -0.05) is 48.5 Å². The van der Waals surface area contributed by atoms with Crippen LogP contribution in [0.2, 0.25) is 0 Å². The highest BCUT2D eigenvalue weighted by Crippen LogP contribution is 2.46. The van der Waals surface area contributed by atoms with Gasteiger partial charge in [-0.15, -0.1) is 11.3 Å². The lowest BCUT2D eigenvalue weighted by Crippen LogP contribution is -2.21. The van der Waals surface area contributed by atoms with Gasteiger partial charge < -0.3 is 14.5 Å². The Hall–Kier alpha value is -4.81. The molecule has 0 amide bonds. The summed E-state index contributed by atoms with van der Waals surface area (Å²) >= 11 is 1.76. The molecule has 4 aromatic carbocycles. The van der Waals surface area contributed by atoms with Crippen LogP contribution in [0.5, 0.6) is 11.5 Å². The van der Waals surface area contributed by atoms with Gasteiger partial charge in [0.2, 0.25) is 0 Å². The van der Waals surface area contributed by atoms with E-state index < -0.39 is 0 Å². The maximum atomic E-state index is 6.71. The van der Waals surface area contributed by atoms with Crippen LogP contribution in [0.3, 0.4) is 0 Å². The molecule has 0 N–H and O–H groups in total. The first kappa shape index (κ1) is 23.3. The van der Waals surface area contributed by atoms with E-state index in [4.69, 9.17) is 9.72 Å². The Morgan fingerprint density at radius 1 is 0.769 bits per heavy atom. The third-order valence-electron chi connectivity index (χ3n) is 6.83. The highest BCUT2D eigenvalue weighted by atomic mass is 32.1. The van der Waals surface area contributed by atoms with Crippen molar-refractivity contribution in [3.63, 3.8) is 0 Å². The van der Waals surface area contributed by atoms with E-state index >= 15 is 0 Å². The molecule has 0 aliphatic carbocycles. The summed E-state index contributed by atoms with van der Waals surface area (Å²) in [5.74, 6) is 2.47. The van der Waals surface area contributed by atoms with E-state index in [9.17, 15) is 0 Å². The first-order valence-corrected chi connectivity index (χ1v) is 13.7. The van der Waals surface area contributed by atoms with Crippen molar-refractivity contribution >= 4 is 54.4 Å². The van der Waals surface area contributed by atoms with Gasteiger partial charge in [0.1, 0.15) is 17.3 Å². The standard InChI is InChI=1S/C33H26N4OS/c1-35-18-19-36(23-35)25-12-9-13-27(20-25)38-30-22-26(21-29-28-14-5-6-15-31(28)39-33(29)30)37(24-10-3-2-4-11-24)32-16-7-8-17-34-32/h2-22H,23H2,1H3. The monoisotopic (exact) mass is 526 g/mol. The SMILES string of the molecule is CN1C=CN(c2cccc(Oc3cc(N(c4ccccc4)c4ccccn4)cc4c3sc3ccccc34)c2)C1. The third-order valence-corrected chi connectivity index (χ3v) is 8.03. The topological polar surface area (TPSA) is 31.8 Å². The van der Waals surface area contributed by atoms with Gasteiger partial charge in [0.15, 0.2) is 0 Å². The van der Waals surface area contributed by atoms with Crippen molar-refractivity contribution in [2.24, 2.45) is 0 Å². The number of hydrogen-bond acceptors (Lipinski definition) is 6. The van der Waals surface area contributed by atoms with Crippen LogP contribution in [0.4, 0.5) is 22.9 Å². The van der Waals surface area contributed by atoms with E-state index in [1.165, 1.54) is 15.5 Å². The van der Waals surface area contributed by atoms with Gasteiger partial charge in [0.05, 0.1) is 17.1 Å². The van der Waals surface area contributed by atoms with Crippen molar-refractivity contribution < 1.29 is 4.74 Å². The number of benzene rings is 4. The summed E-state index contributed by atoms with van der Waals surface area (Å²) in [5.41, 5.74) is 3.12. The van der Waals surface area contributed by atoms with E-state index in [2.05, 4.69) is 107 Å². The first-order chi connectivity index (χ1) is 19.2. The number of para-hydroxylation sites is 1. The van der Waals surface area contributed by atoms with E-state index in [0.717, 1.165) is 45.7 Å². The lowest BCUT2D eigenvalue weighted by atomic mass is 10.1. The third kappa shape index (κ3) is 4.45. The largest absolute Gasteiger partial charge is 0.456 e. The average molecular weight is 527 g/mol. The summed E-state index contributed by atoms with van der Waals surface area (Å²) in [7, 11) is 2.07. The highest BCUT2D eigenvalue weighted by molar-refractivity contribution is 7.26. The molecule has 1 aliphatic rings. The van der Waals surface area contributed by atoms with Gasteiger partial charge >= 0.3 is 0 Å². The van der Waals surface area contributed by atoms with E-state index in [1.54, 1.807) is 11.3 Å². The van der Waals surface area contributed by atoms with Crippen molar-refractivity contribution in [1.82, 2.24) is 9.88 Å². The van der Waals surface area contributed by atoms with E-state index in [1.807, 2.05) is 42.6 Å². The maximum absolute atomic E-state index is 6.71. The number of thiophene rings is 1. The van der Waals surface area contributed by atoms with Gasteiger partial charge in [0, 0.05) is 64.6 Å². The predicted octanol–water partition coefficient (Wildman–Crippen LogP) is 8.89. The molecule has 2 aromatic heterocycles. The van der Waals surface area contributed by atoms with Gasteiger partial charge in [-0.05, 0) is 48.5 Å². The summed E-state index contributed by atoms with van der Waals surface area (Å²) < 4.78 is 9.07. The molecule has 0 radical (unpaired) electrons. The van der Waals surface area contributed by atoms with Crippen molar-refractivity contribution in [2.75, 3.05) is 23.5 Å². The zero-order chi connectivity index (χ0) is 26.2. The quantitative estimate of drug-likeness (QED) is 0.216. The van der Waals surface area contributed by atoms with E-state index in [0.29, 0.717) is 0 Å². The van der Waals surface area contributed by atoms with Crippen molar-refractivity contribution in [2.45, 2.75) is 0 Å². The fraction of sp³-hybridized carbons (Fsp3) is 0.0606. The van der Waals surface area contributed by atoms with Crippen LogP contribution >= 0.6 is 11.3 Å². The van der Waals surface area contributed by atoms with Gasteiger partial charge in [-0.3, -0.25) is 4.90 Å². The summed E-state index contributed by atoms with van der Waals surface area (Å²) in [5, 5.41) is 2.39. The summed E-state index contributed by atoms with van der Waals surface area (Å²) in [4.78, 5) is 11.2. The van der Waals surface area contributed by atoms with Gasteiger partial charge in [-0.25, -0.2) is 4.98 Å². The maximum Gasteiger partial charge on any atom is 0.147 e. The smallest absolute Gasteiger partial charge is 0.147 e. The molecule has 1 aliphatic heterocycles. The molecule has 5 nitrogen and oxygen atoms in total. The number of rotatable bonds is 6. The van der Waals surface area contributed by atoms with Gasteiger partial charge in [-0.2, -0.15) is 0 Å². The highest BCUT2D eigenvalue weighted by Gasteiger charge is 2.19. The van der Waals surface area contributed by atoms with Crippen LogP contribution in [-0.2, 0) is 0 Å². The summed E-state index contributed by atoms with van der Waals surface area (Å²) in [6, 6.07) is 37.6. The molecule has 0 fully saturated rings. The Morgan fingerprint density at radius 2 is 1.62 bits per heavy atom. The fourth-order valence-electron chi connectivity index (χ4n) is 5.01. The zero-order valence-electron chi connectivity index (χ0n) is 21.4. The van der Waals surface area contributed by atoms with Crippen LogP contribution in [-0.4, -0.2) is 23.6 Å². The second kappa shape index (κ2) is 9.82. The van der Waals surface area contributed by atoms with Crippen molar-refractivity contribution in [3.8, 4) is 11.5 Å². The first-order valence-electron chi connectivity index (χ1n) is 12.9. The molecule has 190 valence electrons. The Balaban J connectivity index is 1.39. The Bertz CT molecular complexity index is 1760. The Labute approximate surface area is 231 Å². The van der Waals surface area contributed by atoms with Crippen LogP contribution in [0, 0.1) is 0 Å². The molecule has 0 saturated heterocycles. The molecular weight excluding hydrogens is 500 g/mol. The molecule has 0 spiro atoms. The van der Waals surface area contributed by atoms with Crippen LogP contribution in [0.25, 0.3) is 20.2 Å². The minimum atomic E-state index is 0.801. The number of nitrogens with zero attached hydrogens (tertiary/aromatic N) is 4. The number of hydrogen-bond donors (Lipinski definition) is 0. The number of ether oxygens (including phenoxy) is 1. The Morgan fingerprint density at radius 3 is 2.44 bits per heavy atom. The molecule has 39 heavy (non-hydrogen) atoms. The van der Waals surface area contributed by atoms with Gasteiger partial charge in [0.25, 0.3) is 0 Å². The Kier molecular flexibility index (Phi) is 5.87. The molecule has 3 heterocycles. The molecule has 7 rings (SSSR count). The molecular formula is C33H26N4OS. The average Bonchev–Trinajstić information content (AvgIpc) is 3.59. The normalized spacial score (nSPS) is 12.9. The minimum absolute atomic E-state index is 0.801. The summed E-state index contributed by atoms with van der Waals surface area (Å²) in [6.07, 6.45) is 6.00. The predicted molar refractivity (Wildman–Crippen MR) is 163 cm³/mol. The van der Waals surface area contributed by atoms with Crippen molar-refractivity contribution in [3.05, 3.63) is 128 Å².